The second-order valence-electron chi connectivity index (χ2n) is 2.54. The molecule has 0 aromatic heterocycles. The summed E-state index contributed by atoms with van der Waals surface area (Å²) < 4.78 is 24.6. The van der Waals surface area contributed by atoms with Gasteiger partial charge in [0.25, 0.3) is 6.43 Å². The van der Waals surface area contributed by atoms with E-state index < -0.39 is 6.43 Å². The Morgan fingerprint density at radius 3 is 2.50 bits per heavy atom. The first kappa shape index (κ1) is 9.13. The molecule has 0 amide bonds. The first-order chi connectivity index (χ1) is 5.75. The molecule has 0 spiro atoms. The van der Waals surface area contributed by atoms with Crippen molar-refractivity contribution in [2.45, 2.75) is 12.8 Å². The van der Waals surface area contributed by atoms with E-state index >= 15 is 0 Å². The third-order valence-corrected chi connectivity index (χ3v) is 1.70. The summed E-state index contributed by atoms with van der Waals surface area (Å²) in [4.78, 5) is 0. The van der Waals surface area contributed by atoms with Gasteiger partial charge in [0.1, 0.15) is 0 Å². The molecule has 3 heteroatoms. The number of alkyl halides is 2. The molecule has 0 aliphatic rings. The molecular formula is C9H11F2N. The molecule has 1 aromatic carbocycles. The molecule has 0 atom stereocenters. The van der Waals surface area contributed by atoms with E-state index in [-0.39, 0.29) is 5.56 Å². The molecule has 0 saturated carbocycles. The average molecular weight is 171 g/mol. The summed E-state index contributed by atoms with van der Waals surface area (Å²) >= 11 is 0. The zero-order valence-corrected chi connectivity index (χ0v) is 6.63. The summed E-state index contributed by atoms with van der Waals surface area (Å²) in [5, 5.41) is 0. The van der Waals surface area contributed by atoms with E-state index in [0.29, 0.717) is 18.5 Å². The molecule has 0 unspecified atom stereocenters. The normalized spacial score (nSPS) is 10.7. The first-order valence-corrected chi connectivity index (χ1v) is 3.81. The Morgan fingerprint density at radius 1 is 1.25 bits per heavy atom. The maximum absolute atomic E-state index is 12.3. The molecule has 66 valence electrons. The molecule has 0 saturated heterocycles. The van der Waals surface area contributed by atoms with Gasteiger partial charge in [0.2, 0.25) is 0 Å². The van der Waals surface area contributed by atoms with Gasteiger partial charge in [-0.2, -0.15) is 0 Å². The van der Waals surface area contributed by atoms with Crippen molar-refractivity contribution in [2.24, 2.45) is 5.73 Å². The molecule has 0 heterocycles. The molecule has 0 aliphatic carbocycles. The van der Waals surface area contributed by atoms with Crippen molar-refractivity contribution in [1.82, 2.24) is 0 Å². The standard InChI is InChI=1S/C9H11F2N/c10-9(11)8-4-2-1-3-7(8)5-6-12/h1-4,9H,5-6,12H2. The third kappa shape index (κ3) is 2.01. The molecule has 1 rings (SSSR count). The van der Waals surface area contributed by atoms with Crippen molar-refractivity contribution in [3.63, 3.8) is 0 Å². The quantitative estimate of drug-likeness (QED) is 0.740. The van der Waals surface area contributed by atoms with Gasteiger partial charge in [-0.05, 0) is 18.5 Å². The minimum atomic E-state index is -2.40. The van der Waals surface area contributed by atoms with E-state index in [4.69, 9.17) is 5.73 Å². The van der Waals surface area contributed by atoms with E-state index in [2.05, 4.69) is 0 Å². The van der Waals surface area contributed by atoms with Crippen molar-refractivity contribution >= 4 is 0 Å². The predicted octanol–water partition coefficient (Wildman–Crippen LogP) is 2.13. The number of hydrogen-bond acceptors (Lipinski definition) is 1. The van der Waals surface area contributed by atoms with Crippen molar-refractivity contribution < 1.29 is 8.78 Å². The number of benzene rings is 1. The van der Waals surface area contributed by atoms with Gasteiger partial charge in [0.05, 0.1) is 0 Å². The zero-order valence-electron chi connectivity index (χ0n) is 6.63. The molecular weight excluding hydrogens is 160 g/mol. The fourth-order valence-corrected chi connectivity index (χ4v) is 1.13. The maximum Gasteiger partial charge on any atom is 0.264 e. The van der Waals surface area contributed by atoms with Crippen LogP contribution in [0.2, 0.25) is 0 Å². The molecule has 12 heavy (non-hydrogen) atoms. The summed E-state index contributed by atoms with van der Waals surface area (Å²) in [7, 11) is 0. The van der Waals surface area contributed by atoms with Gasteiger partial charge in [0, 0.05) is 5.56 Å². The van der Waals surface area contributed by atoms with Crippen LogP contribution in [0.15, 0.2) is 24.3 Å². The first-order valence-electron chi connectivity index (χ1n) is 3.81. The minimum Gasteiger partial charge on any atom is -0.330 e. The Kier molecular flexibility index (Phi) is 3.17. The molecule has 0 aliphatic heterocycles. The van der Waals surface area contributed by atoms with Crippen LogP contribution in [-0.2, 0) is 6.42 Å². The number of halogens is 2. The maximum atomic E-state index is 12.3. The summed E-state index contributed by atoms with van der Waals surface area (Å²) in [5.41, 5.74) is 6.03. The second kappa shape index (κ2) is 4.16. The lowest BCUT2D eigenvalue weighted by Gasteiger charge is -2.06. The predicted molar refractivity (Wildman–Crippen MR) is 44.2 cm³/mol. The van der Waals surface area contributed by atoms with Crippen molar-refractivity contribution in [2.75, 3.05) is 6.54 Å². The summed E-state index contributed by atoms with van der Waals surface area (Å²) in [6.07, 6.45) is -1.88. The van der Waals surface area contributed by atoms with E-state index in [1.54, 1.807) is 18.2 Å². The van der Waals surface area contributed by atoms with Crippen molar-refractivity contribution in [3.05, 3.63) is 35.4 Å². The van der Waals surface area contributed by atoms with Crippen LogP contribution in [0.25, 0.3) is 0 Å². The highest BCUT2D eigenvalue weighted by molar-refractivity contribution is 5.28. The van der Waals surface area contributed by atoms with Gasteiger partial charge in [-0.25, -0.2) is 8.78 Å². The highest BCUT2D eigenvalue weighted by atomic mass is 19.3. The summed E-state index contributed by atoms with van der Waals surface area (Å²) in [5.74, 6) is 0. The Balaban J connectivity index is 2.92. The highest BCUT2D eigenvalue weighted by Crippen LogP contribution is 2.22. The number of hydrogen-bond donors (Lipinski definition) is 1. The van der Waals surface area contributed by atoms with Gasteiger partial charge in [-0.15, -0.1) is 0 Å². The second-order valence-corrected chi connectivity index (χ2v) is 2.54. The average Bonchev–Trinajstić information content (AvgIpc) is 2.05. The van der Waals surface area contributed by atoms with Crippen LogP contribution >= 0.6 is 0 Å². The van der Waals surface area contributed by atoms with E-state index in [9.17, 15) is 8.78 Å². The van der Waals surface area contributed by atoms with Crippen LogP contribution in [0.4, 0.5) is 8.78 Å². The number of nitrogens with two attached hydrogens (primary N) is 1. The van der Waals surface area contributed by atoms with Gasteiger partial charge >= 0.3 is 0 Å². The highest BCUT2D eigenvalue weighted by Gasteiger charge is 2.10. The lowest BCUT2D eigenvalue weighted by atomic mass is 10.1. The van der Waals surface area contributed by atoms with Gasteiger partial charge in [-0.3, -0.25) is 0 Å². The molecule has 1 nitrogen and oxygen atoms in total. The Morgan fingerprint density at radius 2 is 1.92 bits per heavy atom. The minimum absolute atomic E-state index is 0.1000. The summed E-state index contributed by atoms with van der Waals surface area (Å²) in [6, 6.07) is 6.49. The molecule has 0 fully saturated rings. The van der Waals surface area contributed by atoms with Crippen LogP contribution < -0.4 is 5.73 Å². The molecule has 0 radical (unpaired) electrons. The third-order valence-electron chi connectivity index (χ3n) is 1.70. The smallest absolute Gasteiger partial charge is 0.264 e. The van der Waals surface area contributed by atoms with Crippen LogP contribution in [0.1, 0.15) is 17.6 Å². The van der Waals surface area contributed by atoms with E-state index in [0.717, 1.165) is 0 Å². The lowest BCUT2D eigenvalue weighted by Crippen LogP contribution is -2.05. The van der Waals surface area contributed by atoms with Gasteiger partial charge in [-0.1, -0.05) is 24.3 Å². The SMILES string of the molecule is NCCc1ccccc1C(F)F. The van der Waals surface area contributed by atoms with Crippen LogP contribution in [-0.4, -0.2) is 6.54 Å². The largest absolute Gasteiger partial charge is 0.330 e. The number of rotatable bonds is 3. The van der Waals surface area contributed by atoms with Crippen molar-refractivity contribution in [1.29, 1.82) is 0 Å². The summed E-state index contributed by atoms with van der Waals surface area (Å²) in [6.45, 7) is 0.406. The topological polar surface area (TPSA) is 26.0 Å². The molecule has 1 aromatic rings. The molecule has 2 N–H and O–H groups in total. The zero-order chi connectivity index (χ0) is 8.97. The van der Waals surface area contributed by atoms with Crippen molar-refractivity contribution in [3.8, 4) is 0 Å². The van der Waals surface area contributed by atoms with E-state index in [1.807, 2.05) is 0 Å². The Bertz CT molecular complexity index is 248. The Labute approximate surface area is 70.2 Å². The van der Waals surface area contributed by atoms with Crippen LogP contribution in [0.3, 0.4) is 0 Å². The monoisotopic (exact) mass is 171 g/mol. The Hall–Kier alpha value is -0.960. The van der Waals surface area contributed by atoms with E-state index in [1.165, 1.54) is 6.07 Å². The van der Waals surface area contributed by atoms with Crippen LogP contribution in [0, 0.1) is 0 Å². The van der Waals surface area contributed by atoms with Gasteiger partial charge < -0.3 is 5.73 Å². The van der Waals surface area contributed by atoms with Gasteiger partial charge in [0.15, 0.2) is 0 Å². The lowest BCUT2D eigenvalue weighted by molar-refractivity contribution is 0.150. The fraction of sp³-hybridized carbons (Fsp3) is 0.333. The molecule has 0 bridgehead atoms. The fourth-order valence-electron chi connectivity index (χ4n) is 1.13. The van der Waals surface area contributed by atoms with Crippen LogP contribution in [0.5, 0.6) is 0 Å².